The Kier molecular flexibility index (Phi) is 8.36. The van der Waals surface area contributed by atoms with Crippen molar-refractivity contribution in [1.82, 2.24) is 14.8 Å². The van der Waals surface area contributed by atoms with Crippen molar-refractivity contribution in [2.75, 3.05) is 17.7 Å². The van der Waals surface area contributed by atoms with Crippen LogP contribution in [-0.4, -0.2) is 56.4 Å². The number of carbonyl (C=O) groups excluding carboxylic acids is 4. The van der Waals surface area contributed by atoms with Gasteiger partial charge in [0.05, 0.1) is 28.3 Å². The highest BCUT2D eigenvalue weighted by molar-refractivity contribution is 6.30. The van der Waals surface area contributed by atoms with Crippen LogP contribution in [0.15, 0.2) is 60.8 Å². The monoisotopic (exact) mass is 610 g/mol. The molecule has 1 N–H and O–H groups in total. The second-order valence-corrected chi connectivity index (χ2v) is 9.97. The number of alkyl halides is 4. The van der Waals surface area contributed by atoms with Crippen LogP contribution in [0.3, 0.4) is 0 Å². The molecule has 0 spiro atoms. The number of nitrogens with zero attached hydrogens (tertiary/aromatic N) is 3. The zero-order valence-corrected chi connectivity index (χ0v) is 22.6. The van der Waals surface area contributed by atoms with Gasteiger partial charge in [0.1, 0.15) is 11.4 Å². The van der Waals surface area contributed by atoms with Crippen molar-refractivity contribution in [3.63, 3.8) is 0 Å². The van der Waals surface area contributed by atoms with Gasteiger partial charge in [0, 0.05) is 12.7 Å². The molecule has 0 bridgehead atoms. The number of hydrogen-bond acceptors (Lipinski definition) is 5. The van der Waals surface area contributed by atoms with Crippen LogP contribution in [0.1, 0.15) is 38.8 Å². The van der Waals surface area contributed by atoms with E-state index < -0.39 is 71.5 Å². The molecule has 2 heterocycles. The molecule has 1 aromatic heterocycles. The fourth-order valence-electron chi connectivity index (χ4n) is 4.31. The summed E-state index contributed by atoms with van der Waals surface area (Å²) in [7, 11) is 0. The number of pyridine rings is 1. The largest absolute Gasteiger partial charge is 0.416 e. The van der Waals surface area contributed by atoms with Crippen LogP contribution < -0.4 is 5.32 Å². The van der Waals surface area contributed by atoms with E-state index in [2.05, 4.69) is 10.3 Å². The Labute approximate surface area is 240 Å². The van der Waals surface area contributed by atoms with Crippen LogP contribution in [0.2, 0.25) is 5.02 Å². The number of rotatable bonds is 8. The first-order chi connectivity index (χ1) is 19.3. The maximum atomic E-state index is 14.5. The number of benzene rings is 2. The Bertz CT molecular complexity index is 1500. The zero-order chi connectivity index (χ0) is 30.1. The van der Waals surface area contributed by atoms with Crippen molar-refractivity contribution < 1.29 is 36.7 Å². The second-order valence-electron chi connectivity index (χ2n) is 9.26. The van der Waals surface area contributed by atoms with Crippen molar-refractivity contribution in [1.29, 1.82) is 0 Å². The van der Waals surface area contributed by atoms with Gasteiger partial charge < -0.3 is 10.2 Å². The first-order valence-corrected chi connectivity index (χ1v) is 12.8. The van der Waals surface area contributed by atoms with Crippen LogP contribution in [0, 0.1) is 5.82 Å². The molecule has 1 aliphatic rings. The molecule has 8 nitrogen and oxygen atoms in total. The van der Waals surface area contributed by atoms with E-state index in [4.69, 9.17) is 23.2 Å². The summed E-state index contributed by atoms with van der Waals surface area (Å²) in [6.45, 7) is 0.0607. The normalized spacial score (nSPS) is 14.5. The van der Waals surface area contributed by atoms with E-state index in [1.807, 2.05) is 0 Å². The fraction of sp³-hybridized carbons (Fsp3) is 0.222. The van der Waals surface area contributed by atoms with E-state index >= 15 is 0 Å². The third-order valence-corrected chi connectivity index (χ3v) is 6.94. The van der Waals surface area contributed by atoms with E-state index in [1.165, 1.54) is 19.1 Å². The molecular formula is C27H20Cl2F4N4O4. The number of fused-ring (bicyclic) bond motifs is 1. The predicted octanol–water partition coefficient (Wildman–Crippen LogP) is 5.15. The third kappa shape index (κ3) is 6.03. The smallest absolute Gasteiger partial charge is 0.321 e. The molecule has 4 rings (SSSR count). The van der Waals surface area contributed by atoms with E-state index in [-0.39, 0.29) is 21.7 Å². The Morgan fingerprint density at radius 1 is 1.02 bits per heavy atom. The third-order valence-electron chi connectivity index (χ3n) is 6.51. The lowest BCUT2D eigenvalue weighted by Gasteiger charge is -2.41. The highest BCUT2D eigenvalue weighted by atomic mass is 35.5. The summed E-state index contributed by atoms with van der Waals surface area (Å²) in [6, 6.07) is 10.6. The molecule has 4 amide bonds. The Morgan fingerprint density at radius 3 is 2.12 bits per heavy atom. The summed E-state index contributed by atoms with van der Waals surface area (Å²) in [5, 5.41) is 2.20. The van der Waals surface area contributed by atoms with Crippen molar-refractivity contribution in [3.8, 4) is 0 Å². The lowest BCUT2D eigenvalue weighted by Crippen LogP contribution is -2.63. The van der Waals surface area contributed by atoms with E-state index in [9.17, 15) is 36.7 Å². The second kappa shape index (κ2) is 11.5. The molecular weight excluding hydrogens is 591 g/mol. The number of nitrogens with one attached hydrogen (secondary N) is 1. The minimum Gasteiger partial charge on any atom is -0.321 e. The van der Waals surface area contributed by atoms with Gasteiger partial charge in [-0.2, -0.15) is 13.2 Å². The number of anilines is 1. The maximum Gasteiger partial charge on any atom is 0.416 e. The van der Waals surface area contributed by atoms with Crippen LogP contribution in [0.25, 0.3) is 0 Å². The van der Waals surface area contributed by atoms with Gasteiger partial charge in [-0.25, -0.2) is 9.37 Å². The fourth-order valence-corrected chi connectivity index (χ4v) is 4.60. The molecule has 0 saturated carbocycles. The number of imide groups is 1. The summed E-state index contributed by atoms with van der Waals surface area (Å²) in [6.07, 6.45) is -3.55. The van der Waals surface area contributed by atoms with Crippen molar-refractivity contribution in [3.05, 3.63) is 93.9 Å². The number of aromatic nitrogens is 1. The summed E-state index contributed by atoms with van der Waals surface area (Å²) >= 11 is 11.6. The maximum absolute atomic E-state index is 14.5. The Balaban J connectivity index is 1.76. The van der Waals surface area contributed by atoms with Crippen molar-refractivity contribution in [2.45, 2.75) is 25.2 Å². The van der Waals surface area contributed by atoms with Gasteiger partial charge in [-0.05, 0) is 42.8 Å². The molecule has 14 heteroatoms. The number of amides is 4. The van der Waals surface area contributed by atoms with Crippen molar-refractivity contribution >= 4 is 52.6 Å². The van der Waals surface area contributed by atoms with Gasteiger partial charge >= 0.3 is 6.18 Å². The lowest BCUT2D eigenvalue weighted by atomic mass is 9.95. The standard InChI is InChI=1S/C27H20Cl2F4N4O4/c1-26(25(41)35-22-20(30)10-17(29)12-34-22,14-36-23(39)18-4-2-3-5-19(18)24(36)40)37(21(38)11-28)13-15-6-8-16(9-7-15)27(31,32)33/h2-10,12H,11,13-14H2,1H3,(H,34,35,41). The van der Waals surface area contributed by atoms with E-state index in [0.717, 1.165) is 46.3 Å². The van der Waals surface area contributed by atoms with Gasteiger partial charge in [0.25, 0.3) is 17.7 Å². The topological polar surface area (TPSA) is 99.7 Å². The molecule has 214 valence electrons. The average molecular weight is 611 g/mol. The van der Waals surface area contributed by atoms with Gasteiger partial charge in [0.15, 0.2) is 11.6 Å². The molecule has 0 radical (unpaired) electrons. The highest BCUT2D eigenvalue weighted by Crippen LogP contribution is 2.32. The molecule has 0 aliphatic carbocycles. The van der Waals surface area contributed by atoms with E-state index in [0.29, 0.717) is 0 Å². The summed E-state index contributed by atoms with van der Waals surface area (Å²) in [4.78, 5) is 58.7. The molecule has 1 unspecified atom stereocenters. The molecule has 0 saturated heterocycles. The first-order valence-electron chi connectivity index (χ1n) is 11.9. The molecule has 0 fully saturated rings. The average Bonchev–Trinajstić information content (AvgIpc) is 3.17. The lowest BCUT2D eigenvalue weighted by molar-refractivity contribution is -0.144. The minimum atomic E-state index is -4.61. The number of carbonyl (C=O) groups is 4. The summed E-state index contributed by atoms with van der Waals surface area (Å²) in [5.74, 6) is -5.63. The quantitative estimate of drug-likeness (QED) is 0.216. The zero-order valence-electron chi connectivity index (χ0n) is 21.1. The van der Waals surface area contributed by atoms with Gasteiger partial charge in [-0.3, -0.25) is 24.1 Å². The van der Waals surface area contributed by atoms with Crippen LogP contribution in [-0.2, 0) is 22.3 Å². The Morgan fingerprint density at radius 2 is 1.61 bits per heavy atom. The predicted molar refractivity (Wildman–Crippen MR) is 141 cm³/mol. The SMILES string of the molecule is CC(CN1C(=O)c2ccccc2C1=O)(C(=O)Nc1ncc(Cl)cc1F)N(Cc1ccc(C(F)(F)F)cc1)C(=O)CCl. The highest BCUT2D eigenvalue weighted by Gasteiger charge is 2.48. The first kappa shape index (κ1) is 29.9. The van der Waals surface area contributed by atoms with Gasteiger partial charge in [-0.15, -0.1) is 11.6 Å². The Hall–Kier alpha value is -4.03. The summed E-state index contributed by atoms with van der Waals surface area (Å²) < 4.78 is 53.8. The van der Waals surface area contributed by atoms with Crippen LogP contribution >= 0.6 is 23.2 Å². The van der Waals surface area contributed by atoms with E-state index in [1.54, 1.807) is 12.1 Å². The molecule has 41 heavy (non-hydrogen) atoms. The minimum absolute atomic E-state index is 0.0597. The molecule has 3 aromatic rings. The molecule has 1 aliphatic heterocycles. The van der Waals surface area contributed by atoms with Crippen LogP contribution in [0.5, 0.6) is 0 Å². The van der Waals surface area contributed by atoms with Crippen molar-refractivity contribution in [2.24, 2.45) is 0 Å². The number of hydrogen-bond donors (Lipinski definition) is 1. The molecule has 2 aromatic carbocycles. The van der Waals surface area contributed by atoms with Gasteiger partial charge in [0.2, 0.25) is 5.91 Å². The summed E-state index contributed by atoms with van der Waals surface area (Å²) in [5.41, 5.74) is -2.73. The number of halogens is 6. The van der Waals surface area contributed by atoms with Gasteiger partial charge in [-0.1, -0.05) is 35.9 Å². The molecule has 1 atom stereocenters. The van der Waals surface area contributed by atoms with Crippen LogP contribution in [0.4, 0.5) is 23.4 Å².